The summed E-state index contributed by atoms with van der Waals surface area (Å²) in [5.74, 6) is 1.08. The van der Waals surface area contributed by atoms with Crippen molar-refractivity contribution in [2.75, 3.05) is 13.6 Å². The Morgan fingerprint density at radius 3 is 2.69 bits per heavy atom. The molecule has 0 spiro atoms. The van der Waals surface area contributed by atoms with Crippen molar-refractivity contribution in [1.29, 1.82) is 0 Å². The summed E-state index contributed by atoms with van der Waals surface area (Å²) in [6, 6.07) is 8.34. The van der Waals surface area contributed by atoms with Gasteiger partial charge in [0, 0.05) is 0 Å². The molecule has 0 amide bonds. The SMILES string of the molecule is Cc1ccccc1C1=[N+](C)CC=N1. The smallest absolute Gasteiger partial charge is 0.253 e. The standard InChI is InChI=1S/C11H13N2/c1-9-5-3-4-6-10(9)11-12-7-8-13(11)2/h3-7H,8H2,1-2H3/q+1. The fourth-order valence-electron chi connectivity index (χ4n) is 1.53. The Bertz CT molecular complexity index is 389. The summed E-state index contributed by atoms with van der Waals surface area (Å²) >= 11 is 0. The number of hydrogen-bond donors (Lipinski definition) is 0. The lowest BCUT2D eigenvalue weighted by Gasteiger charge is -1.99. The third-order valence-corrected chi connectivity index (χ3v) is 2.32. The molecule has 2 nitrogen and oxygen atoms in total. The fraction of sp³-hybridized carbons (Fsp3) is 0.273. The van der Waals surface area contributed by atoms with Gasteiger partial charge in [-0.15, -0.1) is 0 Å². The molecule has 2 heteroatoms. The van der Waals surface area contributed by atoms with Crippen LogP contribution in [0.4, 0.5) is 0 Å². The molecule has 1 heterocycles. The van der Waals surface area contributed by atoms with Crippen molar-refractivity contribution in [3.63, 3.8) is 0 Å². The third kappa shape index (κ3) is 1.39. The van der Waals surface area contributed by atoms with E-state index >= 15 is 0 Å². The fourth-order valence-corrected chi connectivity index (χ4v) is 1.53. The maximum Gasteiger partial charge on any atom is 0.325 e. The largest absolute Gasteiger partial charge is 0.325 e. The van der Waals surface area contributed by atoms with Gasteiger partial charge in [-0.25, -0.2) is 0 Å². The predicted octanol–water partition coefficient (Wildman–Crippen LogP) is 1.47. The normalized spacial score (nSPS) is 15.5. The van der Waals surface area contributed by atoms with Crippen molar-refractivity contribution in [1.82, 2.24) is 0 Å². The van der Waals surface area contributed by atoms with Gasteiger partial charge in [-0.1, -0.05) is 18.2 Å². The Labute approximate surface area is 78.3 Å². The first kappa shape index (κ1) is 8.17. The number of benzene rings is 1. The molecule has 66 valence electrons. The number of nitrogens with zero attached hydrogens (tertiary/aromatic N) is 2. The summed E-state index contributed by atoms with van der Waals surface area (Å²) in [5, 5.41) is 0. The Morgan fingerprint density at radius 2 is 2.08 bits per heavy atom. The number of aryl methyl sites for hydroxylation is 1. The van der Waals surface area contributed by atoms with Crippen LogP contribution < -0.4 is 0 Å². The van der Waals surface area contributed by atoms with Gasteiger partial charge < -0.3 is 0 Å². The van der Waals surface area contributed by atoms with Crippen LogP contribution in [0.1, 0.15) is 11.1 Å². The summed E-state index contributed by atoms with van der Waals surface area (Å²) in [4.78, 5) is 4.37. The van der Waals surface area contributed by atoms with Gasteiger partial charge in [-0.3, -0.25) is 4.58 Å². The first-order valence-corrected chi connectivity index (χ1v) is 4.45. The highest BCUT2D eigenvalue weighted by Gasteiger charge is 2.19. The van der Waals surface area contributed by atoms with E-state index in [1.54, 1.807) is 0 Å². The van der Waals surface area contributed by atoms with E-state index in [1.165, 1.54) is 11.1 Å². The average molecular weight is 173 g/mol. The van der Waals surface area contributed by atoms with E-state index < -0.39 is 0 Å². The van der Waals surface area contributed by atoms with Gasteiger partial charge in [0.1, 0.15) is 6.54 Å². The lowest BCUT2D eigenvalue weighted by molar-refractivity contribution is -0.476. The van der Waals surface area contributed by atoms with Crippen LogP contribution in [0.2, 0.25) is 0 Å². The van der Waals surface area contributed by atoms with Gasteiger partial charge >= 0.3 is 5.84 Å². The van der Waals surface area contributed by atoms with Crippen LogP contribution in [-0.4, -0.2) is 30.2 Å². The van der Waals surface area contributed by atoms with Crippen LogP contribution in [0, 0.1) is 6.92 Å². The molecule has 0 atom stereocenters. The maximum absolute atomic E-state index is 4.37. The highest BCUT2D eigenvalue weighted by molar-refractivity contribution is 6.02. The molecule has 13 heavy (non-hydrogen) atoms. The molecular weight excluding hydrogens is 160 g/mol. The minimum Gasteiger partial charge on any atom is -0.253 e. The molecule has 1 aromatic rings. The third-order valence-electron chi connectivity index (χ3n) is 2.32. The molecule has 1 aromatic carbocycles. The van der Waals surface area contributed by atoms with E-state index in [0.717, 1.165) is 12.4 Å². The van der Waals surface area contributed by atoms with Crippen LogP contribution in [0.15, 0.2) is 29.3 Å². The van der Waals surface area contributed by atoms with E-state index in [9.17, 15) is 0 Å². The zero-order valence-corrected chi connectivity index (χ0v) is 7.99. The van der Waals surface area contributed by atoms with Gasteiger partial charge in [-0.2, -0.15) is 0 Å². The van der Waals surface area contributed by atoms with Crippen molar-refractivity contribution in [2.45, 2.75) is 6.92 Å². The minimum atomic E-state index is 0.920. The first-order valence-electron chi connectivity index (χ1n) is 4.45. The van der Waals surface area contributed by atoms with Crippen LogP contribution in [0.3, 0.4) is 0 Å². The summed E-state index contributed by atoms with van der Waals surface area (Å²) < 4.78 is 2.16. The van der Waals surface area contributed by atoms with Gasteiger partial charge in [-0.05, 0) is 23.5 Å². The van der Waals surface area contributed by atoms with Crippen molar-refractivity contribution in [3.8, 4) is 0 Å². The summed E-state index contributed by atoms with van der Waals surface area (Å²) in [6.45, 7) is 3.04. The van der Waals surface area contributed by atoms with Gasteiger partial charge in [0.15, 0.2) is 6.21 Å². The van der Waals surface area contributed by atoms with Gasteiger partial charge in [0.05, 0.1) is 12.6 Å². The van der Waals surface area contributed by atoms with E-state index in [-0.39, 0.29) is 0 Å². The lowest BCUT2D eigenvalue weighted by atomic mass is 10.1. The van der Waals surface area contributed by atoms with Crippen LogP contribution in [0.5, 0.6) is 0 Å². The lowest BCUT2D eigenvalue weighted by Crippen LogP contribution is -2.12. The number of rotatable bonds is 1. The number of hydrogen-bond acceptors (Lipinski definition) is 1. The van der Waals surface area contributed by atoms with Gasteiger partial charge in [0.2, 0.25) is 0 Å². The second-order valence-corrected chi connectivity index (χ2v) is 3.33. The molecule has 0 bridgehead atoms. The van der Waals surface area contributed by atoms with Crippen molar-refractivity contribution >= 4 is 12.1 Å². The molecule has 0 aromatic heterocycles. The monoisotopic (exact) mass is 173 g/mol. The zero-order chi connectivity index (χ0) is 9.26. The van der Waals surface area contributed by atoms with E-state index in [0.29, 0.717) is 0 Å². The molecule has 0 N–H and O–H groups in total. The number of amidine groups is 1. The molecule has 0 radical (unpaired) electrons. The van der Waals surface area contributed by atoms with Crippen molar-refractivity contribution < 1.29 is 4.58 Å². The van der Waals surface area contributed by atoms with E-state index in [1.807, 2.05) is 6.21 Å². The van der Waals surface area contributed by atoms with Crippen molar-refractivity contribution in [2.24, 2.45) is 4.99 Å². The molecule has 0 aliphatic carbocycles. The molecule has 1 aliphatic rings. The maximum atomic E-state index is 4.37. The molecule has 1 aliphatic heterocycles. The minimum absolute atomic E-state index is 0.920. The second-order valence-electron chi connectivity index (χ2n) is 3.33. The molecule has 0 saturated carbocycles. The highest BCUT2D eigenvalue weighted by atomic mass is 15.1. The van der Waals surface area contributed by atoms with Crippen molar-refractivity contribution in [3.05, 3.63) is 35.4 Å². The predicted molar refractivity (Wildman–Crippen MR) is 54.8 cm³/mol. The second kappa shape index (κ2) is 3.13. The van der Waals surface area contributed by atoms with Gasteiger partial charge in [0.25, 0.3) is 0 Å². The summed E-state index contributed by atoms with van der Waals surface area (Å²) in [6.07, 6.45) is 1.95. The number of aliphatic imine (C=N–C) groups is 1. The topological polar surface area (TPSA) is 15.4 Å². The van der Waals surface area contributed by atoms with Crippen LogP contribution in [-0.2, 0) is 0 Å². The Kier molecular flexibility index (Phi) is 1.97. The average Bonchev–Trinajstić information content (AvgIpc) is 2.52. The molecule has 2 rings (SSSR count). The van der Waals surface area contributed by atoms with E-state index in [2.05, 4.69) is 47.8 Å². The summed E-state index contributed by atoms with van der Waals surface area (Å²) in [7, 11) is 2.06. The molecule has 0 unspecified atom stereocenters. The molecule has 0 fully saturated rings. The molecular formula is C11H13N2+. The Morgan fingerprint density at radius 1 is 1.31 bits per heavy atom. The quantitative estimate of drug-likeness (QED) is 0.571. The highest BCUT2D eigenvalue weighted by Crippen LogP contribution is 2.10. The Balaban J connectivity index is 2.52. The summed E-state index contributed by atoms with van der Waals surface area (Å²) in [5.41, 5.74) is 2.52. The zero-order valence-electron chi connectivity index (χ0n) is 7.99. The Hall–Kier alpha value is -1.44. The first-order chi connectivity index (χ1) is 6.29. The van der Waals surface area contributed by atoms with E-state index in [4.69, 9.17) is 0 Å². The van der Waals surface area contributed by atoms with Crippen LogP contribution in [0.25, 0.3) is 0 Å². The molecule has 0 saturated heterocycles. The van der Waals surface area contributed by atoms with Crippen LogP contribution >= 0.6 is 0 Å².